The summed E-state index contributed by atoms with van der Waals surface area (Å²) < 4.78 is 40.3. The lowest BCUT2D eigenvalue weighted by atomic mass is 10.1. The van der Waals surface area contributed by atoms with Crippen LogP contribution in [0.15, 0.2) is 47.4 Å². The number of piperazine rings is 1. The van der Waals surface area contributed by atoms with Crippen molar-refractivity contribution >= 4 is 21.4 Å². The van der Waals surface area contributed by atoms with E-state index in [9.17, 15) is 22.9 Å². The molecule has 2 aromatic carbocycles. The summed E-state index contributed by atoms with van der Waals surface area (Å²) in [6.07, 6.45) is 0.469. The molecule has 0 unspecified atom stereocenters. The summed E-state index contributed by atoms with van der Waals surface area (Å²) in [7, 11) is -1.88. The van der Waals surface area contributed by atoms with E-state index in [4.69, 9.17) is 0 Å². The van der Waals surface area contributed by atoms with Gasteiger partial charge in [-0.2, -0.15) is 4.31 Å². The van der Waals surface area contributed by atoms with Gasteiger partial charge in [-0.25, -0.2) is 12.8 Å². The average molecular weight is 422 g/mol. The van der Waals surface area contributed by atoms with Gasteiger partial charge in [-0.05, 0) is 43.3 Å². The van der Waals surface area contributed by atoms with Crippen molar-refractivity contribution in [2.45, 2.75) is 11.3 Å². The number of sulfonamides is 1. The molecule has 1 aliphatic heterocycles. The van der Waals surface area contributed by atoms with E-state index in [1.807, 2.05) is 11.9 Å². The summed E-state index contributed by atoms with van der Waals surface area (Å²) in [5.74, 6) is -0.341. The number of nitro groups is 1. The molecule has 1 heterocycles. The Kier molecular flexibility index (Phi) is 6.46. The van der Waals surface area contributed by atoms with Crippen LogP contribution < -0.4 is 5.32 Å². The second-order valence-electron chi connectivity index (χ2n) is 6.95. The standard InChI is InChI=1S/C19H23FN4O4S/c1-22-9-11-23(12-10-22)29(27,28)17-5-6-18(19(14-17)24(25)26)21-8-7-15-3-2-4-16(20)13-15/h2-6,13-14,21H,7-12H2,1H3. The van der Waals surface area contributed by atoms with Gasteiger partial charge < -0.3 is 10.2 Å². The van der Waals surface area contributed by atoms with Crippen LogP contribution in [0.1, 0.15) is 5.56 Å². The monoisotopic (exact) mass is 422 g/mol. The summed E-state index contributed by atoms with van der Waals surface area (Å²) in [4.78, 5) is 12.8. The highest BCUT2D eigenvalue weighted by Crippen LogP contribution is 2.29. The van der Waals surface area contributed by atoms with Crippen molar-refractivity contribution in [1.82, 2.24) is 9.21 Å². The Morgan fingerprint density at radius 2 is 1.86 bits per heavy atom. The Morgan fingerprint density at radius 3 is 2.52 bits per heavy atom. The Balaban J connectivity index is 1.75. The number of hydrogen-bond acceptors (Lipinski definition) is 6. The van der Waals surface area contributed by atoms with E-state index in [-0.39, 0.29) is 22.1 Å². The van der Waals surface area contributed by atoms with Crippen LogP contribution in [0.5, 0.6) is 0 Å². The highest BCUT2D eigenvalue weighted by Gasteiger charge is 2.29. The second-order valence-corrected chi connectivity index (χ2v) is 8.89. The molecule has 2 aromatic rings. The maximum atomic E-state index is 13.2. The van der Waals surface area contributed by atoms with Crippen molar-refractivity contribution in [3.05, 3.63) is 64.0 Å². The minimum atomic E-state index is -3.79. The van der Waals surface area contributed by atoms with Gasteiger partial charge in [-0.3, -0.25) is 10.1 Å². The molecular formula is C19H23FN4O4S. The molecule has 0 amide bonds. The molecular weight excluding hydrogens is 399 g/mol. The van der Waals surface area contributed by atoms with Crippen LogP contribution >= 0.6 is 0 Å². The smallest absolute Gasteiger partial charge is 0.293 e. The summed E-state index contributed by atoms with van der Waals surface area (Å²) >= 11 is 0. The fourth-order valence-corrected chi connectivity index (χ4v) is 4.63. The maximum absolute atomic E-state index is 13.2. The van der Waals surface area contributed by atoms with Crippen molar-refractivity contribution in [3.8, 4) is 0 Å². The first-order valence-electron chi connectivity index (χ1n) is 9.23. The van der Waals surface area contributed by atoms with E-state index in [0.717, 1.165) is 11.6 Å². The molecule has 0 spiro atoms. The SMILES string of the molecule is CN1CCN(S(=O)(=O)c2ccc(NCCc3cccc(F)c3)c([N+](=O)[O-])c2)CC1. The number of nitro benzene ring substituents is 1. The first-order valence-corrected chi connectivity index (χ1v) is 10.7. The zero-order valence-corrected chi connectivity index (χ0v) is 16.9. The third kappa shape index (κ3) is 5.08. The first kappa shape index (κ1) is 21.2. The van der Waals surface area contributed by atoms with Crippen molar-refractivity contribution < 1.29 is 17.7 Å². The van der Waals surface area contributed by atoms with Gasteiger partial charge in [0.15, 0.2) is 0 Å². The van der Waals surface area contributed by atoms with E-state index >= 15 is 0 Å². The summed E-state index contributed by atoms with van der Waals surface area (Å²) in [5.41, 5.74) is 0.678. The highest BCUT2D eigenvalue weighted by molar-refractivity contribution is 7.89. The average Bonchev–Trinajstić information content (AvgIpc) is 2.68. The molecule has 8 nitrogen and oxygen atoms in total. The molecule has 0 bridgehead atoms. The fourth-order valence-electron chi connectivity index (χ4n) is 3.18. The Labute approximate surface area is 169 Å². The third-order valence-electron chi connectivity index (χ3n) is 4.88. The summed E-state index contributed by atoms with van der Waals surface area (Å²) in [5, 5.41) is 14.4. The molecule has 0 aromatic heterocycles. The van der Waals surface area contributed by atoms with Gasteiger partial charge in [-0.1, -0.05) is 12.1 Å². The number of rotatable bonds is 7. The van der Waals surface area contributed by atoms with Crippen LogP contribution in [-0.2, 0) is 16.4 Å². The lowest BCUT2D eigenvalue weighted by molar-refractivity contribution is -0.384. The number of halogens is 1. The van der Waals surface area contributed by atoms with Gasteiger partial charge in [0, 0.05) is 38.8 Å². The number of hydrogen-bond donors (Lipinski definition) is 1. The number of likely N-dealkylation sites (N-methyl/N-ethyl adjacent to an activating group) is 1. The predicted octanol–water partition coefficient (Wildman–Crippen LogP) is 2.32. The lowest BCUT2D eigenvalue weighted by Gasteiger charge is -2.31. The van der Waals surface area contributed by atoms with Gasteiger partial charge >= 0.3 is 0 Å². The van der Waals surface area contributed by atoms with E-state index in [0.29, 0.717) is 39.1 Å². The van der Waals surface area contributed by atoms with Gasteiger partial charge in [-0.15, -0.1) is 0 Å². The molecule has 0 atom stereocenters. The lowest BCUT2D eigenvalue weighted by Crippen LogP contribution is -2.47. The summed E-state index contributed by atoms with van der Waals surface area (Å²) in [6.45, 7) is 2.26. The quantitative estimate of drug-likeness (QED) is 0.544. The molecule has 0 saturated carbocycles. The number of anilines is 1. The molecule has 0 aliphatic carbocycles. The Hall–Kier alpha value is -2.56. The van der Waals surface area contributed by atoms with Gasteiger partial charge in [0.25, 0.3) is 5.69 Å². The highest BCUT2D eigenvalue weighted by atomic mass is 32.2. The molecule has 0 radical (unpaired) electrons. The van der Waals surface area contributed by atoms with Gasteiger partial charge in [0.2, 0.25) is 10.0 Å². The molecule has 156 valence electrons. The van der Waals surface area contributed by atoms with Crippen LogP contribution in [0.4, 0.5) is 15.8 Å². The number of nitrogens with one attached hydrogen (secondary N) is 1. The molecule has 29 heavy (non-hydrogen) atoms. The number of nitrogens with zero attached hydrogens (tertiary/aromatic N) is 3. The molecule has 1 saturated heterocycles. The van der Waals surface area contributed by atoms with Crippen LogP contribution in [-0.4, -0.2) is 62.3 Å². The fraction of sp³-hybridized carbons (Fsp3) is 0.368. The minimum absolute atomic E-state index is 0.0931. The third-order valence-corrected chi connectivity index (χ3v) is 6.78. The first-order chi connectivity index (χ1) is 13.8. The maximum Gasteiger partial charge on any atom is 0.293 e. The normalized spacial score (nSPS) is 15.9. The van der Waals surface area contributed by atoms with E-state index in [1.54, 1.807) is 12.1 Å². The second kappa shape index (κ2) is 8.85. The Morgan fingerprint density at radius 1 is 1.14 bits per heavy atom. The zero-order valence-electron chi connectivity index (χ0n) is 16.0. The summed E-state index contributed by atoms with van der Waals surface area (Å²) in [6, 6.07) is 10.0. The van der Waals surface area contributed by atoms with Crippen LogP contribution in [0.2, 0.25) is 0 Å². The van der Waals surface area contributed by atoms with Crippen LogP contribution in [0, 0.1) is 15.9 Å². The molecule has 10 heteroatoms. The van der Waals surface area contributed by atoms with Crippen LogP contribution in [0.25, 0.3) is 0 Å². The van der Waals surface area contributed by atoms with Gasteiger partial charge in [0.1, 0.15) is 11.5 Å². The predicted molar refractivity (Wildman–Crippen MR) is 108 cm³/mol. The van der Waals surface area contributed by atoms with E-state index in [2.05, 4.69) is 5.32 Å². The molecule has 1 fully saturated rings. The van der Waals surface area contributed by atoms with Crippen LogP contribution in [0.3, 0.4) is 0 Å². The van der Waals surface area contributed by atoms with Crippen molar-refractivity contribution in [3.63, 3.8) is 0 Å². The van der Waals surface area contributed by atoms with Crippen molar-refractivity contribution in [2.75, 3.05) is 45.1 Å². The topological polar surface area (TPSA) is 95.8 Å². The van der Waals surface area contributed by atoms with E-state index < -0.39 is 14.9 Å². The number of benzene rings is 2. The zero-order chi connectivity index (χ0) is 21.0. The largest absolute Gasteiger partial charge is 0.379 e. The molecule has 1 aliphatic rings. The van der Waals surface area contributed by atoms with Crippen molar-refractivity contribution in [2.24, 2.45) is 0 Å². The van der Waals surface area contributed by atoms with E-state index in [1.165, 1.54) is 28.6 Å². The Bertz CT molecular complexity index is 991. The molecule has 1 N–H and O–H groups in total. The van der Waals surface area contributed by atoms with Gasteiger partial charge in [0.05, 0.1) is 9.82 Å². The van der Waals surface area contributed by atoms with Crippen molar-refractivity contribution in [1.29, 1.82) is 0 Å². The molecule has 3 rings (SSSR count). The minimum Gasteiger partial charge on any atom is -0.379 e.